The Bertz CT molecular complexity index is 583. The summed E-state index contributed by atoms with van der Waals surface area (Å²) in [6.07, 6.45) is 1.04. The zero-order chi connectivity index (χ0) is 15.1. The minimum Gasteiger partial charge on any atom is -0.493 e. The van der Waals surface area contributed by atoms with Gasteiger partial charge in [0, 0.05) is 17.7 Å². The van der Waals surface area contributed by atoms with Gasteiger partial charge in [-0.3, -0.25) is 0 Å². The Morgan fingerprint density at radius 3 is 2.67 bits per heavy atom. The van der Waals surface area contributed by atoms with Crippen LogP contribution >= 0.6 is 0 Å². The number of rotatable bonds is 7. The largest absolute Gasteiger partial charge is 0.493 e. The molecule has 2 rings (SSSR count). The monoisotopic (exact) mass is 287 g/mol. The molecule has 0 atom stereocenters. The third-order valence-corrected chi connectivity index (χ3v) is 3.29. The van der Waals surface area contributed by atoms with Crippen molar-refractivity contribution in [3.05, 3.63) is 53.8 Å². The van der Waals surface area contributed by atoms with Gasteiger partial charge in [0.05, 0.1) is 6.61 Å². The standard InChI is InChI=1S/C18H22FNO/c1-3-11-20-13-15-12-14(9-10-17(15)19)16-7-5-6-8-18(16)21-4-2/h5-10,12,20H,3-4,11,13H2,1-2H3. The SMILES string of the molecule is CCCNCc1cc(-c2ccccc2OCC)ccc1F. The molecule has 1 N–H and O–H groups in total. The summed E-state index contributed by atoms with van der Waals surface area (Å²) in [7, 11) is 0. The van der Waals surface area contributed by atoms with Crippen LogP contribution < -0.4 is 10.1 Å². The van der Waals surface area contributed by atoms with Gasteiger partial charge in [0.25, 0.3) is 0 Å². The Morgan fingerprint density at radius 2 is 1.90 bits per heavy atom. The number of ether oxygens (including phenoxy) is 1. The summed E-state index contributed by atoms with van der Waals surface area (Å²) in [5.74, 6) is 0.662. The topological polar surface area (TPSA) is 21.3 Å². The molecule has 0 spiro atoms. The van der Waals surface area contributed by atoms with E-state index in [0.29, 0.717) is 18.7 Å². The highest BCUT2D eigenvalue weighted by molar-refractivity contribution is 5.71. The van der Waals surface area contributed by atoms with Crippen LogP contribution in [-0.2, 0) is 6.54 Å². The van der Waals surface area contributed by atoms with Gasteiger partial charge in [-0.15, -0.1) is 0 Å². The first-order valence-corrected chi connectivity index (χ1v) is 7.47. The van der Waals surface area contributed by atoms with Crippen molar-refractivity contribution in [2.24, 2.45) is 0 Å². The van der Waals surface area contributed by atoms with Crippen LogP contribution in [0.2, 0.25) is 0 Å². The molecule has 0 amide bonds. The van der Waals surface area contributed by atoms with E-state index in [1.54, 1.807) is 6.07 Å². The summed E-state index contributed by atoms with van der Waals surface area (Å²) < 4.78 is 19.5. The first kappa shape index (κ1) is 15.5. The van der Waals surface area contributed by atoms with Crippen molar-refractivity contribution in [1.29, 1.82) is 0 Å². The summed E-state index contributed by atoms with van der Waals surface area (Å²) in [4.78, 5) is 0. The Balaban J connectivity index is 2.30. The van der Waals surface area contributed by atoms with Crippen molar-refractivity contribution >= 4 is 0 Å². The highest BCUT2D eigenvalue weighted by Gasteiger charge is 2.09. The lowest BCUT2D eigenvalue weighted by Gasteiger charge is -2.12. The molecule has 0 fully saturated rings. The molecule has 0 saturated carbocycles. The molecule has 0 radical (unpaired) electrons. The van der Waals surface area contributed by atoms with Gasteiger partial charge in [0.2, 0.25) is 0 Å². The molecule has 0 bridgehead atoms. The summed E-state index contributed by atoms with van der Waals surface area (Å²) >= 11 is 0. The minimum absolute atomic E-state index is 0.170. The fourth-order valence-electron chi connectivity index (χ4n) is 2.26. The lowest BCUT2D eigenvalue weighted by molar-refractivity contribution is 0.341. The summed E-state index contributed by atoms with van der Waals surface area (Å²) in [5, 5.41) is 3.24. The van der Waals surface area contributed by atoms with Crippen LogP contribution in [0.25, 0.3) is 11.1 Å². The number of nitrogens with one attached hydrogen (secondary N) is 1. The maximum Gasteiger partial charge on any atom is 0.127 e. The van der Waals surface area contributed by atoms with Gasteiger partial charge in [-0.2, -0.15) is 0 Å². The second kappa shape index (κ2) is 7.79. The Labute approximate surface area is 126 Å². The Kier molecular flexibility index (Phi) is 5.76. The average Bonchev–Trinajstić information content (AvgIpc) is 2.50. The quantitative estimate of drug-likeness (QED) is 0.763. The molecule has 0 aliphatic carbocycles. The molecule has 0 aliphatic heterocycles. The van der Waals surface area contributed by atoms with Gasteiger partial charge in [-0.1, -0.05) is 31.2 Å². The molecule has 0 unspecified atom stereocenters. The molecule has 2 aromatic carbocycles. The Hall–Kier alpha value is -1.87. The van der Waals surface area contributed by atoms with E-state index in [9.17, 15) is 4.39 Å². The predicted octanol–water partition coefficient (Wildman–Crippen LogP) is 4.39. The summed E-state index contributed by atoms with van der Waals surface area (Å²) in [5.41, 5.74) is 2.66. The van der Waals surface area contributed by atoms with E-state index in [4.69, 9.17) is 4.74 Å². The zero-order valence-electron chi connectivity index (χ0n) is 12.7. The fourth-order valence-corrected chi connectivity index (χ4v) is 2.26. The van der Waals surface area contributed by atoms with E-state index >= 15 is 0 Å². The molecule has 2 aromatic rings. The number of halogens is 1. The molecule has 3 heteroatoms. The van der Waals surface area contributed by atoms with E-state index < -0.39 is 0 Å². The number of hydrogen-bond acceptors (Lipinski definition) is 2. The molecule has 0 saturated heterocycles. The molecule has 0 aromatic heterocycles. The Morgan fingerprint density at radius 1 is 1.10 bits per heavy atom. The normalized spacial score (nSPS) is 10.6. The van der Waals surface area contributed by atoms with Crippen molar-refractivity contribution in [3.8, 4) is 16.9 Å². The second-order valence-corrected chi connectivity index (χ2v) is 4.91. The maximum atomic E-state index is 13.9. The third kappa shape index (κ3) is 4.05. The van der Waals surface area contributed by atoms with Crippen molar-refractivity contribution in [2.75, 3.05) is 13.2 Å². The van der Waals surface area contributed by atoms with Crippen molar-refractivity contribution in [3.63, 3.8) is 0 Å². The first-order valence-electron chi connectivity index (χ1n) is 7.47. The van der Waals surface area contributed by atoms with Crippen LogP contribution in [0.1, 0.15) is 25.8 Å². The van der Waals surface area contributed by atoms with Gasteiger partial charge in [-0.05, 0) is 43.7 Å². The number of benzene rings is 2. The lowest BCUT2D eigenvalue weighted by Crippen LogP contribution is -2.14. The maximum absolute atomic E-state index is 13.9. The fraction of sp³-hybridized carbons (Fsp3) is 0.333. The number of para-hydroxylation sites is 1. The highest BCUT2D eigenvalue weighted by Crippen LogP contribution is 2.30. The van der Waals surface area contributed by atoms with E-state index in [-0.39, 0.29) is 5.82 Å². The van der Waals surface area contributed by atoms with Crippen LogP contribution in [0.3, 0.4) is 0 Å². The van der Waals surface area contributed by atoms with Crippen LogP contribution in [0, 0.1) is 5.82 Å². The lowest BCUT2D eigenvalue weighted by atomic mass is 10.0. The van der Waals surface area contributed by atoms with Gasteiger partial charge < -0.3 is 10.1 Å². The van der Waals surface area contributed by atoms with Crippen molar-refractivity contribution in [2.45, 2.75) is 26.8 Å². The average molecular weight is 287 g/mol. The molecule has 21 heavy (non-hydrogen) atoms. The second-order valence-electron chi connectivity index (χ2n) is 4.91. The van der Waals surface area contributed by atoms with E-state index in [0.717, 1.165) is 29.8 Å². The summed E-state index contributed by atoms with van der Waals surface area (Å²) in [6, 6.07) is 13.1. The van der Waals surface area contributed by atoms with Crippen LogP contribution in [-0.4, -0.2) is 13.2 Å². The molecule has 0 heterocycles. The van der Waals surface area contributed by atoms with Gasteiger partial charge in [0.15, 0.2) is 0 Å². The summed E-state index contributed by atoms with van der Waals surface area (Å²) in [6.45, 7) is 6.10. The van der Waals surface area contributed by atoms with Crippen molar-refractivity contribution < 1.29 is 9.13 Å². The van der Waals surface area contributed by atoms with E-state index in [1.807, 2.05) is 37.3 Å². The van der Waals surface area contributed by atoms with Crippen molar-refractivity contribution in [1.82, 2.24) is 5.32 Å². The van der Waals surface area contributed by atoms with Crippen LogP contribution in [0.5, 0.6) is 5.75 Å². The van der Waals surface area contributed by atoms with E-state index in [1.165, 1.54) is 6.07 Å². The molecular formula is C18H22FNO. The van der Waals surface area contributed by atoms with Crippen LogP contribution in [0.15, 0.2) is 42.5 Å². The highest BCUT2D eigenvalue weighted by atomic mass is 19.1. The van der Waals surface area contributed by atoms with Gasteiger partial charge in [-0.25, -0.2) is 4.39 Å². The first-order chi connectivity index (χ1) is 10.3. The predicted molar refractivity (Wildman–Crippen MR) is 85.0 cm³/mol. The molecule has 112 valence electrons. The minimum atomic E-state index is -0.170. The third-order valence-electron chi connectivity index (χ3n) is 3.29. The van der Waals surface area contributed by atoms with Crippen LogP contribution in [0.4, 0.5) is 4.39 Å². The van der Waals surface area contributed by atoms with Gasteiger partial charge >= 0.3 is 0 Å². The number of hydrogen-bond donors (Lipinski definition) is 1. The van der Waals surface area contributed by atoms with E-state index in [2.05, 4.69) is 12.2 Å². The molecule has 2 nitrogen and oxygen atoms in total. The molecule has 0 aliphatic rings. The zero-order valence-corrected chi connectivity index (χ0v) is 12.7. The molecular weight excluding hydrogens is 265 g/mol. The smallest absolute Gasteiger partial charge is 0.127 e. The van der Waals surface area contributed by atoms with Gasteiger partial charge in [0.1, 0.15) is 11.6 Å².